The van der Waals surface area contributed by atoms with Gasteiger partial charge in [0.25, 0.3) is 11.8 Å². The molecule has 4 amide bonds. The zero-order chi connectivity index (χ0) is 26.5. The van der Waals surface area contributed by atoms with Gasteiger partial charge in [-0.25, -0.2) is 4.79 Å². The van der Waals surface area contributed by atoms with Crippen molar-refractivity contribution in [3.8, 4) is 0 Å². The van der Waals surface area contributed by atoms with Crippen molar-refractivity contribution in [2.75, 3.05) is 43.6 Å². The SMILES string of the molecule is COC(=O)N[C@H](CNC(=O)c1ccc(Cl)s1)C(=O)Nc1ccc(N2CCOCC2=O)c(C(F)(F)F)c1. The van der Waals surface area contributed by atoms with Gasteiger partial charge < -0.3 is 30.3 Å². The van der Waals surface area contributed by atoms with Crippen LogP contribution in [-0.4, -0.2) is 63.3 Å². The van der Waals surface area contributed by atoms with Crippen LogP contribution >= 0.6 is 22.9 Å². The maximum absolute atomic E-state index is 13.8. The van der Waals surface area contributed by atoms with Crippen LogP contribution in [0, 0.1) is 0 Å². The molecule has 0 aliphatic carbocycles. The number of hydrogen-bond acceptors (Lipinski definition) is 7. The lowest BCUT2D eigenvalue weighted by Crippen LogP contribution is -2.50. The fourth-order valence-corrected chi connectivity index (χ4v) is 4.17. The highest BCUT2D eigenvalue weighted by Gasteiger charge is 2.37. The van der Waals surface area contributed by atoms with Gasteiger partial charge in [0.2, 0.25) is 5.91 Å². The van der Waals surface area contributed by atoms with Crippen LogP contribution < -0.4 is 20.9 Å². The maximum atomic E-state index is 13.8. The molecule has 1 aromatic carbocycles. The van der Waals surface area contributed by atoms with Crippen molar-refractivity contribution >= 4 is 58.1 Å². The quantitative estimate of drug-likeness (QED) is 0.488. The van der Waals surface area contributed by atoms with Gasteiger partial charge in [0.15, 0.2) is 0 Å². The average molecular weight is 549 g/mol. The van der Waals surface area contributed by atoms with E-state index >= 15 is 0 Å². The molecule has 1 atom stereocenters. The fraction of sp³-hybridized carbons (Fsp3) is 0.333. The summed E-state index contributed by atoms with van der Waals surface area (Å²) < 4.78 is 51.2. The number of ether oxygens (including phenoxy) is 2. The number of rotatable bonds is 7. The zero-order valence-electron chi connectivity index (χ0n) is 18.6. The number of benzene rings is 1. The lowest BCUT2D eigenvalue weighted by molar-refractivity contribution is -0.137. The van der Waals surface area contributed by atoms with Crippen molar-refractivity contribution in [1.82, 2.24) is 10.6 Å². The number of amides is 4. The molecule has 3 rings (SSSR count). The first-order valence-corrected chi connectivity index (χ1v) is 11.5. The normalized spacial score (nSPS) is 14.7. The molecule has 1 aliphatic heterocycles. The Morgan fingerprint density at radius 1 is 1.25 bits per heavy atom. The largest absolute Gasteiger partial charge is 0.453 e. The van der Waals surface area contributed by atoms with E-state index < -0.39 is 48.1 Å². The van der Waals surface area contributed by atoms with E-state index in [1.807, 2.05) is 0 Å². The van der Waals surface area contributed by atoms with Crippen LogP contribution in [-0.2, 0) is 25.2 Å². The number of nitrogens with one attached hydrogen (secondary N) is 3. The van der Waals surface area contributed by atoms with Crippen LogP contribution in [0.1, 0.15) is 15.2 Å². The highest BCUT2D eigenvalue weighted by Crippen LogP contribution is 2.38. The molecule has 0 radical (unpaired) electrons. The van der Waals surface area contributed by atoms with Gasteiger partial charge in [-0.3, -0.25) is 14.4 Å². The van der Waals surface area contributed by atoms with Crippen molar-refractivity contribution in [3.63, 3.8) is 0 Å². The number of carbonyl (C=O) groups excluding carboxylic acids is 4. The lowest BCUT2D eigenvalue weighted by Gasteiger charge is -2.29. The molecule has 2 heterocycles. The Morgan fingerprint density at radius 2 is 2.00 bits per heavy atom. The summed E-state index contributed by atoms with van der Waals surface area (Å²) in [6.07, 6.45) is -5.84. The maximum Gasteiger partial charge on any atom is 0.418 e. The fourth-order valence-electron chi connectivity index (χ4n) is 3.21. The molecule has 1 aromatic heterocycles. The third-order valence-corrected chi connectivity index (χ3v) is 6.13. The second-order valence-corrected chi connectivity index (χ2v) is 9.03. The molecule has 194 valence electrons. The first-order valence-electron chi connectivity index (χ1n) is 10.3. The van der Waals surface area contributed by atoms with E-state index in [0.29, 0.717) is 10.4 Å². The molecular formula is C21H20ClF3N4O6S. The molecular weight excluding hydrogens is 529 g/mol. The van der Waals surface area contributed by atoms with Gasteiger partial charge in [-0.1, -0.05) is 11.6 Å². The highest BCUT2D eigenvalue weighted by atomic mass is 35.5. The van der Waals surface area contributed by atoms with Gasteiger partial charge in [0.1, 0.15) is 12.6 Å². The Morgan fingerprint density at radius 3 is 2.61 bits per heavy atom. The minimum Gasteiger partial charge on any atom is -0.453 e. The second-order valence-electron chi connectivity index (χ2n) is 7.32. The number of thiophene rings is 1. The number of carbonyl (C=O) groups is 4. The summed E-state index contributed by atoms with van der Waals surface area (Å²) in [5.41, 5.74) is -1.76. The van der Waals surface area contributed by atoms with Gasteiger partial charge in [0, 0.05) is 18.8 Å². The third-order valence-electron chi connectivity index (χ3n) is 4.90. The molecule has 0 spiro atoms. The summed E-state index contributed by atoms with van der Waals surface area (Å²) >= 11 is 6.79. The number of nitrogens with zero attached hydrogens (tertiary/aromatic N) is 1. The number of methoxy groups -OCH3 is 1. The topological polar surface area (TPSA) is 126 Å². The van der Waals surface area contributed by atoms with Gasteiger partial charge in [-0.2, -0.15) is 13.2 Å². The summed E-state index contributed by atoms with van der Waals surface area (Å²) in [5, 5.41) is 6.95. The molecule has 1 aliphatic rings. The first-order chi connectivity index (χ1) is 17.0. The molecule has 15 heteroatoms. The van der Waals surface area contributed by atoms with Crippen LogP contribution in [0.15, 0.2) is 30.3 Å². The molecule has 0 bridgehead atoms. The van der Waals surface area contributed by atoms with Crippen LogP contribution in [0.2, 0.25) is 4.34 Å². The number of morpholine rings is 1. The summed E-state index contributed by atoms with van der Waals surface area (Å²) in [4.78, 5) is 50.0. The lowest BCUT2D eigenvalue weighted by atomic mass is 10.1. The predicted octanol–water partition coefficient (Wildman–Crippen LogP) is 2.88. The van der Waals surface area contributed by atoms with E-state index in [4.69, 9.17) is 16.3 Å². The Kier molecular flexibility index (Phi) is 8.76. The monoisotopic (exact) mass is 548 g/mol. The minimum absolute atomic E-state index is 0.0616. The van der Waals surface area contributed by atoms with Crippen molar-refractivity contribution in [2.45, 2.75) is 12.2 Å². The van der Waals surface area contributed by atoms with Crippen LogP contribution in [0.25, 0.3) is 0 Å². The van der Waals surface area contributed by atoms with Crippen molar-refractivity contribution in [2.24, 2.45) is 0 Å². The third kappa shape index (κ3) is 6.86. The number of alkyl halides is 3. The molecule has 10 nitrogen and oxygen atoms in total. The minimum atomic E-state index is -4.84. The molecule has 2 aromatic rings. The smallest absolute Gasteiger partial charge is 0.418 e. The number of hydrogen-bond donors (Lipinski definition) is 3. The molecule has 1 saturated heterocycles. The Labute approximate surface area is 211 Å². The summed E-state index contributed by atoms with van der Waals surface area (Å²) in [6, 6.07) is 4.50. The highest BCUT2D eigenvalue weighted by molar-refractivity contribution is 7.18. The molecule has 0 unspecified atom stereocenters. The van der Waals surface area contributed by atoms with E-state index in [1.54, 1.807) is 0 Å². The van der Waals surface area contributed by atoms with Crippen LogP contribution in [0.4, 0.5) is 29.3 Å². The van der Waals surface area contributed by atoms with Crippen LogP contribution in [0.5, 0.6) is 0 Å². The van der Waals surface area contributed by atoms with Gasteiger partial charge >= 0.3 is 12.3 Å². The van der Waals surface area contributed by atoms with Crippen LogP contribution in [0.3, 0.4) is 0 Å². The van der Waals surface area contributed by atoms with Gasteiger partial charge in [0.05, 0.1) is 34.2 Å². The van der Waals surface area contributed by atoms with Crippen molar-refractivity contribution in [1.29, 1.82) is 0 Å². The number of alkyl carbamates (subject to hydrolysis) is 1. The first kappa shape index (κ1) is 27.2. The summed E-state index contributed by atoms with van der Waals surface area (Å²) in [5.74, 6) is -2.13. The van der Waals surface area contributed by atoms with E-state index in [2.05, 4.69) is 20.7 Å². The Hall–Kier alpha value is -3.36. The molecule has 1 fully saturated rings. The second kappa shape index (κ2) is 11.6. The summed E-state index contributed by atoms with van der Waals surface area (Å²) in [6.45, 7) is -0.735. The van der Waals surface area contributed by atoms with Crippen molar-refractivity contribution in [3.05, 3.63) is 45.1 Å². The van der Waals surface area contributed by atoms with E-state index in [9.17, 15) is 32.3 Å². The van der Waals surface area contributed by atoms with Gasteiger partial charge in [-0.05, 0) is 30.3 Å². The Bertz CT molecular complexity index is 1160. The summed E-state index contributed by atoms with van der Waals surface area (Å²) in [7, 11) is 1.05. The zero-order valence-corrected chi connectivity index (χ0v) is 20.2. The van der Waals surface area contributed by atoms with Crippen molar-refractivity contribution < 1.29 is 41.8 Å². The predicted molar refractivity (Wildman–Crippen MR) is 124 cm³/mol. The Balaban J connectivity index is 1.79. The van der Waals surface area contributed by atoms with Gasteiger partial charge in [-0.15, -0.1) is 11.3 Å². The number of halogens is 4. The van der Waals surface area contributed by atoms with E-state index in [1.165, 1.54) is 18.2 Å². The average Bonchev–Trinajstić information content (AvgIpc) is 3.27. The number of anilines is 2. The molecule has 0 saturated carbocycles. The molecule has 36 heavy (non-hydrogen) atoms. The standard InChI is InChI=1S/C21H20ClF3N4O6S/c1-34-20(33)28-13(9-26-19(32)15-4-5-16(22)36-15)18(31)27-11-2-3-14(12(8-11)21(23,24)25)29-6-7-35-10-17(29)30/h2-5,8,13H,6-7,9-10H2,1H3,(H,26,32)(H,27,31)(H,28,33)/t13-/m1/s1. The van der Waals surface area contributed by atoms with E-state index in [-0.39, 0.29) is 36.0 Å². The van der Waals surface area contributed by atoms with E-state index in [0.717, 1.165) is 29.4 Å². The molecule has 3 N–H and O–H groups in total.